The van der Waals surface area contributed by atoms with E-state index in [1.165, 1.54) is 31.3 Å². The number of hydrogen-bond donors (Lipinski definition) is 2. The van der Waals surface area contributed by atoms with E-state index in [2.05, 4.69) is 37.5 Å². The van der Waals surface area contributed by atoms with Gasteiger partial charge in [-0.1, -0.05) is 38.2 Å². The first-order valence-corrected chi connectivity index (χ1v) is 12.8. The number of hydrogen-bond acceptors (Lipinski definition) is 4. The summed E-state index contributed by atoms with van der Waals surface area (Å²) in [7, 11) is 0. The van der Waals surface area contributed by atoms with Crippen LogP contribution < -0.4 is 0 Å². The van der Waals surface area contributed by atoms with Gasteiger partial charge in [-0.15, -0.1) is 0 Å². The first-order valence-electron chi connectivity index (χ1n) is 12.8. The van der Waals surface area contributed by atoms with Crippen LogP contribution >= 0.6 is 0 Å². The van der Waals surface area contributed by atoms with E-state index in [0.29, 0.717) is 43.7 Å². The maximum atomic E-state index is 13.1. The highest BCUT2D eigenvalue weighted by molar-refractivity contribution is 5.38. The van der Waals surface area contributed by atoms with Gasteiger partial charge in [0, 0.05) is 26.1 Å². The third kappa shape index (κ3) is 5.29. The molecule has 1 heterocycles. The van der Waals surface area contributed by atoms with Crippen LogP contribution in [0.2, 0.25) is 0 Å². The average Bonchev–Trinajstić information content (AvgIpc) is 3.13. The lowest BCUT2D eigenvalue weighted by molar-refractivity contribution is -0.106. The smallest absolute Gasteiger partial charge is 0.265 e. The van der Waals surface area contributed by atoms with E-state index >= 15 is 0 Å². The number of nitrogens with zero attached hydrogens (tertiary/aromatic N) is 1. The summed E-state index contributed by atoms with van der Waals surface area (Å²) in [6.45, 7) is 11.1. The zero-order valence-corrected chi connectivity index (χ0v) is 20.2. The van der Waals surface area contributed by atoms with Crippen LogP contribution in [0.25, 0.3) is 0 Å². The van der Waals surface area contributed by atoms with Gasteiger partial charge in [0.25, 0.3) is 6.43 Å². The summed E-state index contributed by atoms with van der Waals surface area (Å²) in [5, 5.41) is 20.2. The van der Waals surface area contributed by atoms with Crippen molar-refractivity contribution in [1.29, 1.82) is 0 Å². The zero-order valence-electron chi connectivity index (χ0n) is 20.2. The lowest BCUT2D eigenvalue weighted by Crippen LogP contribution is -2.48. The predicted molar refractivity (Wildman–Crippen MR) is 126 cm³/mol. The van der Waals surface area contributed by atoms with Gasteiger partial charge in [-0.25, -0.2) is 8.78 Å². The van der Waals surface area contributed by atoms with E-state index in [9.17, 15) is 19.0 Å². The molecule has 7 atom stereocenters. The fourth-order valence-corrected chi connectivity index (χ4v) is 7.26. The lowest BCUT2D eigenvalue weighted by atomic mass is 9.61. The van der Waals surface area contributed by atoms with E-state index in [0.717, 1.165) is 30.7 Å². The Labute approximate surface area is 197 Å². The molecule has 2 N–H and O–H groups in total. The monoisotopic (exact) mass is 465 g/mol. The number of morpholine rings is 1. The number of alkyl halides is 2. The van der Waals surface area contributed by atoms with Gasteiger partial charge in [-0.05, 0) is 72.8 Å². The van der Waals surface area contributed by atoms with Crippen LogP contribution in [0.5, 0.6) is 0 Å². The van der Waals surface area contributed by atoms with Crippen molar-refractivity contribution in [3.05, 3.63) is 35.5 Å². The molecule has 4 fully saturated rings. The van der Waals surface area contributed by atoms with Crippen LogP contribution in [0.3, 0.4) is 0 Å². The summed E-state index contributed by atoms with van der Waals surface area (Å²) >= 11 is 0. The number of allylic oxidation sites excluding steroid dienone is 3. The maximum Gasteiger partial charge on any atom is 0.265 e. The molecular formula is C27H41F2NO3. The van der Waals surface area contributed by atoms with Gasteiger partial charge in [0.15, 0.2) is 0 Å². The molecule has 0 aromatic heterocycles. The molecule has 6 heteroatoms. The van der Waals surface area contributed by atoms with Crippen molar-refractivity contribution in [3.8, 4) is 0 Å². The van der Waals surface area contributed by atoms with Crippen LogP contribution in [0, 0.1) is 23.2 Å². The Bertz CT molecular complexity index is 781. The molecule has 1 aliphatic heterocycles. The molecule has 1 saturated heterocycles. The summed E-state index contributed by atoms with van der Waals surface area (Å²) in [6.07, 6.45) is 6.57. The predicted octanol–water partition coefficient (Wildman–Crippen LogP) is 4.73. The third-order valence-corrected chi connectivity index (χ3v) is 8.99. The Morgan fingerprint density at radius 1 is 1.27 bits per heavy atom. The second-order valence-electron chi connectivity index (χ2n) is 11.1. The fraction of sp³-hybridized carbons (Fsp3) is 0.778. The first-order chi connectivity index (χ1) is 15.7. The van der Waals surface area contributed by atoms with Crippen molar-refractivity contribution in [2.24, 2.45) is 23.2 Å². The van der Waals surface area contributed by atoms with Gasteiger partial charge >= 0.3 is 0 Å². The molecule has 4 rings (SSSR count). The molecule has 0 amide bonds. The molecular weight excluding hydrogens is 424 g/mol. The van der Waals surface area contributed by atoms with Crippen molar-refractivity contribution < 1.29 is 23.7 Å². The molecule has 33 heavy (non-hydrogen) atoms. The Kier molecular flexibility index (Phi) is 7.79. The highest BCUT2D eigenvalue weighted by atomic mass is 19.3. The molecule has 0 aromatic carbocycles. The summed E-state index contributed by atoms with van der Waals surface area (Å²) < 4.78 is 31.5. The molecule has 186 valence electrons. The second kappa shape index (κ2) is 10.3. The Morgan fingerprint density at radius 3 is 2.82 bits per heavy atom. The molecule has 1 unspecified atom stereocenters. The number of halogens is 2. The summed E-state index contributed by atoms with van der Waals surface area (Å²) in [4.78, 5) is 2.18. The molecule has 3 aliphatic carbocycles. The van der Waals surface area contributed by atoms with Gasteiger partial charge in [-0.2, -0.15) is 0 Å². The molecule has 0 spiro atoms. The van der Waals surface area contributed by atoms with Gasteiger partial charge in [-0.3, -0.25) is 4.90 Å². The molecule has 0 radical (unpaired) electrons. The largest absolute Gasteiger partial charge is 0.393 e. The summed E-state index contributed by atoms with van der Waals surface area (Å²) in [6, 6.07) is 0. The van der Waals surface area contributed by atoms with Crippen molar-refractivity contribution in [2.75, 3.05) is 26.2 Å². The van der Waals surface area contributed by atoms with Crippen molar-refractivity contribution in [1.82, 2.24) is 4.90 Å². The molecule has 3 saturated carbocycles. The summed E-state index contributed by atoms with van der Waals surface area (Å²) in [5.41, 5.74) is 3.42. The highest BCUT2D eigenvalue weighted by Gasteiger charge is 2.50. The van der Waals surface area contributed by atoms with Crippen LogP contribution in [-0.2, 0) is 4.74 Å². The lowest BCUT2D eigenvalue weighted by Gasteiger charge is -2.45. The number of rotatable bonds is 5. The minimum absolute atomic E-state index is 0.235. The molecule has 4 aliphatic rings. The average molecular weight is 466 g/mol. The normalized spacial score (nSPS) is 41.7. The number of fused-ring (bicyclic) bond motifs is 1. The maximum absolute atomic E-state index is 13.1. The quantitative estimate of drug-likeness (QED) is 0.616. The van der Waals surface area contributed by atoms with Gasteiger partial charge in [0.1, 0.15) is 6.10 Å². The van der Waals surface area contributed by atoms with E-state index in [1.54, 1.807) is 0 Å². The zero-order chi connectivity index (χ0) is 23.8. The van der Waals surface area contributed by atoms with Crippen LogP contribution in [0.15, 0.2) is 35.5 Å². The molecule has 4 nitrogen and oxygen atoms in total. The van der Waals surface area contributed by atoms with Gasteiger partial charge in [0.05, 0.1) is 18.8 Å². The van der Waals surface area contributed by atoms with E-state index in [-0.39, 0.29) is 5.41 Å². The number of aliphatic hydroxyl groups is 2. The van der Waals surface area contributed by atoms with E-state index in [4.69, 9.17) is 4.74 Å². The van der Waals surface area contributed by atoms with E-state index in [1.807, 2.05) is 0 Å². The number of ether oxygens (including phenoxy) is 1. The Morgan fingerprint density at radius 2 is 2.06 bits per heavy atom. The SMILES string of the molecule is C=C1/C(=C\C=C2/CCC[C@@]3(C)C2CC[C@@H]3[C@H](C)CN2CCO[C@@H](C(F)F)C2)C[C@@H](O)C[C@@H]1O. The molecule has 0 aromatic rings. The minimum atomic E-state index is -2.42. The van der Waals surface area contributed by atoms with Crippen molar-refractivity contribution in [3.63, 3.8) is 0 Å². The van der Waals surface area contributed by atoms with Gasteiger partial charge < -0.3 is 14.9 Å². The van der Waals surface area contributed by atoms with Crippen LogP contribution in [0.4, 0.5) is 8.78 Å². The highest BCUT2D eigenvalue weighted by Crippen LogP contribution is 2.59. The number of aliphatic hydroxyl groups excluding tert-OH is 2. The van der Waals surface area contributed by atoms with Crippen molar-refractivity contribution >= 4 is 0 Å². The molecule has 0 bridgehead atoms. The van der Waals surface area contributed by atoms with Crippen molar-refractivity contribution in [2.45, 2.75) is 83.5 Å². The topological polar surface area (TPSA) is 52.9 Å². The Hall–Kier alpha value is -1.08. The van der Waals surface area contributed by atoms with Crippen LogP contribution in [0.1, 0.15) is 58.8 Å². The Balaban J connectivity index is 1.44. The third-order valence-electron chi connectivity index (χ3n) is 8.99. The van der Waals surface area contributed by atoms with E-state index < -0.39 is 24.7 Å². The fourth-order valence-electron chi connectivity index (χ4n) is 7.26. The first kappa shape index (κ1) is 25.0. The van der Waals surface area contributed by atoms with Crippen LogP contribution in [-0.4, -0.2) is 66.1 Å². The summed E-state index contributed by atoms with van der Waals surface area (Å²) in [5.74, 6) is 1.58. The standard InChI is InChI=1S/C27H41F2NO3/c1-17(15-30-11-12-33-25(16-30)26(28)29)22-8-9-23-19(5-4-10-27(22,23)3)6-7-20-13-21(31)14-24(32)18(20)2/h6-7,17,21-26,31-32H,2,4-5,8-16H2,1,3H3/b19-6+,20-7-/t17-,21-,22-,23?,24+,25-,27-/m1/s1. The second-order valence-corrected chi connectivity index (χ2v) is 11.1. The van der Waals surface area contributed by atoms with Gasteiger partial charge in [0.2, 0.25) is 0 Å². The minimum Gasteiger partial charge on any atom is -0.393 e.